The Hall–Kier alpha value is -1.56. The van der Waals surface area contributed by atoms with Gasteiger partial charge in [-0.15, -0.1) is 0 Å². The highest BCUT2D eigenvalue weighted by atomic mass is 35.5. The normalized spacial score (nSPS) is 20.7. The van der Waals surface area contributed by atoms with Crippen molar-refractivity contribution < 1.29 is 13.2 Å². The summed E-state index contributed by atoms with van der Waals surface area (Å²) in [6.07, 6.45) is 5.76. The van der Waals surface area contributed by atoms with E-state index in [1.807, 2.05) is 18.2 Å². The van der Waals surface area contributed by atoms with Crippen LogP contribution >= 0.6 is 11.6 Å². The molecule has 4 rings (SSSR count). The first-order chi connectivity index (χ1) is 15.4. The fourth-order valence-corrected chi connectivity index (χ4v) is 6.83. The van der Waals surface area contributed by atoms with Gasteiger partial charge in [0.15, 0.2) is 9.84 Å². The first kappa shape index (κ1) is 23.6. The van der Waals surface area contributed by atoms with Gasteiger partial charge in [0, 0.05) is 17.0 Å². The van der Waals surface area contributed by atoms with Crippen LogP contribution in [0.5, 0.6) is 5.75 Å². The van der Waals surface area contributed by atoms with E-state index >= 15 is 0 Å². The number of sulfone groups is 1. The molecule has 1 N–H and O–H groups in total. The monoisotopic (exact) mass is 475 g/mol. The van der Waals surface area contributed by atoms with E-state index in [-0.39, 0.29) is 5.75 Å². The standard InChI is InChI=1S/C26H34ClNO3S/c1-2-28-26-12-10-21-9-11-23(31-13-4-14-32(29,30)18-19-7-8-19)17-24(21)25(26)16-20-5-3-6-22(27)15-20/h3,5-6,9,11,15,17,19,25-26,28H,2,4,7-8,10,12-14,16,18H2,1H3. The molecular formula is C26H34ClNO3S. The molecule has 2 aromatic carbocycles. The molecule has 0 radical (unpaired) electrons. The van der Waals surface area contributed by atoms with E-state index in [1.54, 1.807) is 0 Å². The highest BCUT2D eigenvalue weighted by Crippen LogP contribution is 2.37. The molecule has 4 nitrogen and oxygen atoms in total. The first-order valence-electron chi connectivity index (χ1n) is 11.9. The summed E-state index contributed by atoms with van der Waals surface area (Å²) in [5.41, 5.74) is 3.96. The van der Waals surface area contributed by atoms with Crippen LogP contribution in [0.4, 0.5) is 0 Å². The van der Waals surface area contributed by atoms with Crippen LogP contribution in [0.15, 0.2) is 42.5 Å². The summed E-state index contributed by atoms with van der Waals surface area (Å²) in [6, 6.07) is 14.9. The van der Waals surface area contributed by atoms with Crippen molar-refractivity contribution >= 4 is 21.4 Å². The van der Waals surface area contributed by atoms with Gasteiger partial charge in [-0.3, -0.25) is 0 Å². The molecule has 0 amide bonds. The lowest BCUT2D eigenvalue weighted by atomic mass is 9.76. The predicted octanol–water partition coefficient (Wildman–Crippen LogP) is 5.18. The fourth-order valence-electron chi connectivity index (χ4n) is 4.84. The van der Waals surface area contributed by atoms with E-state index in [0.29, 0.717) is 36.7 Å². The van der Waals surface area contributed by atoms with Crippen molar-refractivity contribution in [1.82, 2.24) is 5.32 Å². The Balaban J connectivity index is 1.43. The second kappa shape index (κ2) is 10.6. The molecular weight excluding hydrogens is 442 g/mol. The summed E-state index contributed by atoms with van der Waals surface area (Å²) in [6.45, 7) is 3.53. The molecule has 2 atom stereocenters. The minimum Gasteiger partial charge on any atom is -0.494 e. The van der Waals surface area contributed by atoms with Gasteiger partial charge in [-0.25, -0.2) is 8.42 Å². The summed E-state index contributed by atoms with van der Waals surface area (Å²) in [7, 11) is -2.95. The van der Waals surface area contributed by atoms with E-state index in [0.717, 1.165) is 49.4 Å². The zero-order valence-corrected chi connectivity index (χ0v) is 20.4. The molecule has 0 aromatic heterocycles. The lowest BCUT2D eigenvalue weighted by molar-refractivity contribution is 0.315. The van der Waals surface area contributed by atoms with Gasteiger partial charge in [0.1, 0.15) is 5.75 Å². The Morgan fingerprint density at radius 2 is 1.97 bits per heavy atom. The maximum atomic E-state index is 12.2. The van der Waals surface area contributed by atoms with Gasteiger partial charge in [-0.1, -0.05) is 36.7 Å². The summed E-state index contributed by atoms with van der Waals surface area (Å²) in [4.78, 5) is 0. The quantitative estimate of drug-likeness (QED) is 0.455. The lowest BCUT2D eigenvalue weighted by Crippen LogP contribution is -2.39. The highest BCUT2D eigenvalue weighted by Gasteiger charge is 2.30. The van der Waals surface area contributed by atoms with Crippen LogP contribution < -0.4 is 10.1 Å². The number of rotatable bonds is 11. The van der Waals surface area contributed by atoms with Gasteiger partial charge >= 0.3 is 0 Å². The summed E-state index contributed by atoms with van der Waals surface area (Å²) in [5.74, 6) is 2.15. The second-order valence-electron chi connectivity index (χ2n) is 9.26. The molecule has 0 heterocycles. The maximum absolute atomic E-state index is 12.2. The van der Waals surface area contributed by atoms with Crippen LogP contribution in [-0.2, 0) is 22.7 Å². The van der Waals surface area contributed by atoms with Crippen LogP contribution in [0.3, 0.4) is 0 Å². The molecule has 6 heteroatoms. The number of ether oxygens (including phenoxy) is 1. The van der Waals surface area contributed by atoms with Gasteiger partial charge in [-0.05, 0) is 91.9 Å². The minimum atomic E-state index is -2.95. The lowest BCUT2D eigenvalue weighted by Gasteiger charge is -2.35. The number of halogens is 1. The summed E-state index contributed by atoms with van der Waals surface area (Å²) < 4.78 is 30.3. The van der Waals surface area contributed by atoms with E-state index in [2.05, 4.69) is 36.5 Å². The van der Waals surface area contributed by atoms with Gasteiger partial charge in [0.25, 0.3) is 0 Å². The number of hydrogen-bond donors (Lipinski definition) is 1. The van der Waals surface area contributed by atoms with Crippen LogP contribution in [0.2, 0.25) is 5.02 Å². The number of fused-ring (bicyclic) bond motifs is 1. The van der Waals surface area contributed by atoms with Crippen molar-refractivity contribution in [2.75, 3.05) is 24.7 Å². The average Bonchev–Trinajstić information content (AvgIpc) is 3.56. The fraction of sp³-hybridized carbons (Fsp3) is 0.538. The van der Waals surface area contributed by atoms with Crippen LogP contribution in [0.1, 0.15) is 55.2 Å². The smallest absolute Gasteiger partial charge is 0.150 e. The average molecular weight is 476 g/mol. The zero-order valence-electron chi connectivity index (χ0n) is 18.9. The highest BCUT2D eigenvalue weighted by molar-refractivity contribution is 7.91. The number of aryl methyl sites for hydroxylation is 1. The Morgan fingerprint density at radius 3 is 2.72 bits per heavy atom. The largest absolute Gasteiger partial charge is 0.494 e. The number of benzene rings is 2. The first-order valence-corrected chi connectivity index (χ1v) is 14.1. The molecule has 2 aliphatic carbocycles. The van der Waals surface area contributed by atoms with E-state index in [1.165, 1.54) is 16.7 Å². The zero-order chi connectivity index (χ0) is 22.6. The molecule has 0 bridgehead atoms. The van der Waals surface area contributed by atoms with Gasteiger partial charge in [-0.2, -0.15) is 0 Å². The molecule has 32 heavy (non-hydrogen) atoms. The summed E-state index contributed by atoms with van der Waals surface area (Å²) >= 11 is 6.24. The topological polar surface area (TPSA) is 55.4 Å². The molecule has 1 saturated carbocycles. The molecule has 174 valence electrons. The van der Waals surface area contributed by atoms with E-state index in [9.17, 15) is 8.42 Å². The Morgan fingerprint density at radius 1 is 1.12 bits per heavy atom. The molecule has 2 aliphatic rings. The van der Waals surface area contributed by atoms with E-state index < -0.39 is 9.84 Å². The third-order valence-electron chi connectivity index (χ3n) is 6.59. The SMILES string of the molecule is CCNC1CCc2ccc(OCCCS(=O)(=O)CC3CC3)cc2C1Cc1cccc(Cl)c1. The molecule has 0 aliphatic heterocycles. The van der Waals surface area contributed by atoms with Crippen molar-refractivity contribution in [1.29, 1.82) is 0 Å². The Labute approximate surface area is 197 Å². The second-order valence-corrected chi connectivity index (χ2v) is 11.9. The number of hydrogen-bond acceptors (Lipinski definition) is 4. The van der Waals surface area contributed by atoms with Crippen molar-refractivity contribution in [3.05, 3.63) is 64.2 Å². The van der Waals surface area contributed by atoms with Crippen molar-refractivity contribution in [3.63, 3.8) is 0 Å². The third-order valence-corrected chi connectivity index (χ3v) is 8.72. The Bertz CT molecular complexity index is 1020. The molecule has 0 spiro atoms. The van der Waals surface area contributed by atoms with Crippen LogP contribution in [0, 0.1) is 5.92 Å². The van der Waals surface area contributed by atoms with Crippen LogP contribution in [-0.4, -0.2) is 39.1 Å². The predicted molar refractivity (Wildman–Crippen MR) is 132 cm³/mol. The van der Waals surface area contributed by atoms with Crippen molar-refractivity contribution in [2.45, 2.75) is 57.4 Å². The summed E-state index contributed by atoms with van der Waals surface area (Å²) in [5, 5.41) is 4.45. The molecule has 1 fully saturated rings. The molecule has 2 unspecified atom stereocenters. The number of likely N-dealkylation sites (N-methyl/N-ethyl adjacent to an activating group) is 1. The van der Waals surface area contributed by atoms with E-state index in [4.69, 9.17) is 16.3 Å². The molecule has 2 aromatic rings. The number of nitrogens with one attached hydrogen (secondary N) is 1. The van der Waals surface area contributed by atoms with Gasteiger partial charge < -0.3 is 10.1 Å². The minimum absolute atomic E-state index is 0.217. The molecule has 0 saturated heterocycles. The third kappa shape index (κ3) is 6.49. The van der Waals surface area contributed by atoms with Gasteiger partial charge in [0.05, 0.1) is 18.1 Å². The Kier molecular flexibility index (Phi) is 7.80. The van der Waals surface area contributed by atoms with Crippen LogP contribution in [0.25, 0.3) is 0 Å². The van der Waals surface area contributed by atoms with Gasteiger partial charge in [0.2, 0.25) is 0 Å². The van der Waals surface area contributed by atoms with Crippen molar-refractivity contribution in [3.8, 4) is 5.75 Å². The maximum Gasteiger partial charge on any atom is 0.150 e. The van der Waals surface area contributed by atoms with Crippen molar-refractivity contribution in [2.24, 2.45) is 5.92 Å².